The number of Topliss-reactive ketones (excluding diaryl/α,β-unsaturated/α-hetero) is 1. The van der Waals surface area contributed by atoms with Gasteiger partial charge in [0.05, 0.1) is 11.1 Å². The van der Waals surface area contributed by atoms with Crippen molar-refractivity contribution >= 4 is 28.3 Å². The molecule has 2 aromatic rings. The Bertz CT molecular complexity index is 557. The molecule has 3 N–H and O–H groups in total. The van der Waals surface area contributed by atoms with Gasteiger partial charge in [-0.2, -0.15) is 0 Å². The number of carbonyl (C=O) groups is 1. The van der Waals surface area contributed by atoms with Gasteiger partial charge >= 0.3 is 0 Å². The largest absolute Gasteiger partial charge is 0.358 e. The van der Waals surface area contributed by atoms with Gasteiger partial charge in [-0.05, 0) is 26.0 Å². The monoisotopic (exact) mass is 236 g/mol. The maximum absolute atomic E-state index is 12.0. The van der Waals surface area contributed by atoms with E-state index >= 15 is 0 Å². The summed E-state index contributed by atoms with van der Waals surface area (Å²) in [7, 11) is 0. The summed E-state index contributed by atoms with van der Waals surface area (Å²) in [5, 5.41) is 1.34. The maximum atomic E-state index is 12.0. The van der Waals surface area contributed by atoms with Gasteiger partial charge in [0.15, 0.2) is 5.78 Å². The third-order valence-corrected chi connectivity index (χ3v) is 2.94. The van der Waals surface area contributed by atoms with Crippen molar-refractivity contribution in [3.63, 3.8) is 0 Å². The van der Waals surface area contributed by atoms with E-state index in [2.05, 4.69) is 4.98 Å². The van der Waals surface area contributed by atoms with Crippen LogP contribution in [0.4, 0.5) is 0 Å². The first-order valence-electron chi connectivity index (χ1n) is 5.09. The van der Waals surface area contributed by atoms with Crippen LogP contribution < -0.4 is 5.73 Å². The number of hydrogen-bond donors (Lipinski definition) is 2. The van der Waals surface area contributed by atoms with Gasteiger partial charge in [-0.3, -0.25) is 4.79 Å². The van der Waals surface area contributed by atoms with E-state index in [9.17, 15) is 4.79 Å². The van der Waals surface area contributed by atoms with Crippen LogP contribution in [0.1, 0.15) is 23.0 Å². The minimum Gasteiger partial charge on any atom is -0.358 e. The van der Waals surface area contributed by atoms with E-state index in [1.165, 1.54) is 0 Å². The molecule has 1 atom stereocenters. The molecule has 84 valence electrons. The van der Waals surface area contributed by atoms with Crippen molar-refractivity contribution in [3.8, 4) is 0 Å². The highest BCUT2D eigenvalue weighted by Crippen LogP contribution is 2.29. The Kier molecular flexibility index (Phi) is 2.74. The quantitative estimate of drug-likeness (QED) is 0.788. The molecule has 0 aliphatic heterocycles. The van der Waals surface area contributed by atoms with E-state index in [0.29, 0.717) is 10.6 Å². The molecule has 0 saturated heterocycles. The van der Waals surface area contributed by atoms with E-state index in [1.54, 1.807) is 13.0 Å². The lowest BCUT2D eigenvalue weighted by atomic mass is 10.0. The summed E-state index contributed by atoms with van der Waals surface area (Å²) in [4.78, 5) is 15.1. The average molecular weight is 237 g/mol. The van der Waals surface area contributed by atoms with Gasteiger partial charge in [0.25, 0.3) is 0 Å². The summed E-state index contributed by atoms with van der Waals surface area (Å²) in [5.41, 5.74) is 7.92. The molecule has 0 spiro atoms. The topological polar surface area (TPSA) is 58.9 Å². The van der Waals surface area contributed by atoms with Gasteiger partial charge in [-0.1, -0.05) is 17.7 Å². The molecule has 16 heavy (non-hydrogen) atoms. The highest BCUT2D eigenvalue weighted by molar-refractivity contribution is 6.37. The highest BCUT2D eigenvalue weighted by Gasteiger charge is 2.20. The van der Waals surface area contributed by atoms with Crippen molar-refractivity contribution in [1.29, 1.82) is 0 Å². The Morgan fingerprint density at radius 2 is 2.19 bits per heavy atom. The number of rotatable bonds is 2. The SMILES string of the molecule is Cc1[nH]c2cccc(Cl)c2c1C(=O)C(C)N. The van der Waals surface area contributed by atoms with Crippen molar-refractivity contribution in [2.45, 2.75) is 19.9 Å². The zero-order valence-corrected chi connectivity index (χ0v) is 9.93. The molecule has 0 saturated carbocycles. The van der Waals surface area contributed by atoms with Crippen molar-refractivity contribution in [3.05, 3.63) is 34.5 Å². The number of fused-ring (bicyclic) bond motifs is 1. The molecule has 2 rings (SSSR count). The third kappa shape index (κ3) is 1.62. The second kappa shape index (κ2) is 3.92. The van der Waals surface area contributed by atoms with Gasteiger partial charge in [-0.15, -0.1) is 0 Å². The number of H-pyrrole nitrogens is 1. The summed E-state index contributed by atoms with van der Waals surface area (Å²) >= 11 is 6.11. The number of aromatic nitrogens is 1. The number of aryl methyl sites for hydroxylation is 1. The number of halogens is 1. The van der Waals surface area contributed by atoms with E-state index in [4.69, 9.17) is 17.3 Å². The van der Waals surface area contributed by atoms with Crippen LogP contribution in [0.15, 0.2) is 18.2 Å². The lowest BCUT2D eigenvalue weighted by molar-refractivity contribution is 0.0969. The standard InChI is InChI=1S/C12H13ClN2O/c1-6(14)12(16)10-7(2)15-9-5-3-4-8(13)11(9)10/h3-6,15H,14H2,1-2H3. The average Bonchev–Trinajstić information content (AvgIpc) is 2.54. The Morgan fingerprint density at radius 1 is 1.50 bits per heavy atom. The van der Waals surface area contributed by atoms with Gasteiger partial charge < -0.3 is 10.7 Å². The molecule has 1 unspecified atom stereocenters. The number of nitrogens with one attached hydrogen (secondary N) is 1. The molecule has 0 fully saturated rings. The molecule has 1 aromatic heterocycles. The van der Waals surface area contributed by atoms with Crippen LogP contribution in [0, 0.1) is 6.92 Å². The minimum atomic E-state index is -0.519. The molecule has 0 aliphatic carbocycles. The smallest absolute Gasteiger partial charge is 0.181 e. The number of carbonyl (C=O) groups excluding carboxylic acids is 1. The van der Waals surface area contributed by atoms with Crippen LogP contribution >= 0.6 is 11.6 Å². The number of hydrogen-bond acceptors (Lipinski definition) is 2. The molecule has 0 radical (unpaired) electrons. The second-order valence-corrected chi connectivity index (χ2v) is 4.35. The Morgan fingerprint density at radius 3 is 2.81 bits per heavy atom. The van der Waals surface area contributed by atoms with Gasteiger partial charge in [-0.25, -0.2) is 0 Å². The number of aromatic amines is 1. The molecular weight excluding hydrogens is 224 g/mol. The van der Waals surface area contributed by atoms with Crippen LogP contribution in [-0.2, 0) is 0 Å². The fraction of sp³-hybridized carbons (Fsp3) is 0.250. The van der Waals surface area contributed by atoms with E-state index in [0.717, 1.165) is 16.6 Å². The predicted molar refractivity (Wildman–Crippen MR) is 66.0 cm³/mol. The van der Waals surface area contributed by atoms with Crippen molar-refractivity contribution < 1.29 is 4.79 Å². The molecule has 0 bridgehead atoms. The Hall–Kier alpha value is -1.32. The number of ketones is 1. The molecule has 0 amide bonds. The van der Waals surface area contributed by atoms with Crippen LogP contribution in [0.3, 0.4) is 0 Å². The zero-order chi connectivity index (χ0) is 11.9. The van der Waals surface area contributed by atoms with Crippen molar-refractivity contribution in [2.24, 2.45) is 5.73 Å². The van der Waals surface area contributed by atoms with Gasteiger partial charge in [0.1, 0.15) is 0 Å². The molecule has 1 heterocycles. The summed E-state index contributed by atoms with van der Waals surface area (Å²) in [6.45, 7) is 3.53. The number of benzene rings is 1. The van der Waals surface area contributed by atoms with E-state index < -0.39 is 6.04 Å². The first kappa shape index (κ1) is 11.2. The minimum absolute atomic E-state index is 0.0862. The van der Waals surface area contributed by atoms with Crippen LogP contribution in [0.25, 0.3) is 10.9 Å². The van der Waals surface area contributed by atoms with Crippen molar-refractivity contribution in [2.75, 3.05) is 0 Å². The summed E-state index contributed by atoms with van der Waals surface area (Å²) in [6, 6.07) is 5.00. The fourth-order valence-corrected chi connectivity index (χ4v) is 2.14. The number of nitrogens with two attached hydrogens (primary N) is 1. The van der Waals surface area contributed by atoms with Crippen LogP contribution in [0.2, 0.25) is 5.02 Å². The van der Waals surface area contributed by atoms with E-state index in [1.807, 2.05) is 19.1 Å². The molecule has 3 nitrogen and oxygen atoms in total. The second-order valence-electron chi connectivity index (χ2n) is 3.94. The fourth-order valence-electron chi connectivity index (χ4n) is 1.87. The normalized spacial score (nSPS) is 13.0. The first-order chi connectivity index (χ1) is 7.52. The molecule has 1 aromatic carbocycles. The lowest BCUT2D eigenvalue weighted by Crippen LogP contribution is -2.27. The summed E-state index contributed by atoms with van der Waals surface area (Å²) < 4.78 is 0. The lowest BCUT2D eigenvalue weighted by Gasteiger charge is -2.05. The maximum Gasteiger partial charge on any atom is 0.181 e. The van der Waals surface area contributed by atoms with Gasteiger partial charge in [0.2, 0.25) is 0 Å². The molecular formula is C12H13ClN2O. The Balaban J connectivity index is 2.78. The third-order valence-electron chi connectivity index (χ3n) is 2.62. The Labute approximate surface area is 98.6 Å². The van der Waals surface area contributed by atoms with Crippen molar-refractivity contribution in [1.82, 2.24) is 4.98 Å². The van der Waals surface area contributed by atoms with Gasteiger partial charge in [0, 0.05) is 22.2 Å². The predicted octanol–water partition coefficient (Wildman–Crippen LogP) is 2.66. The molecule has 4 heteroatoms. The highest BCUT2D eigenvalue weighted by atomic mass is 35.5. The van der Waals surface area contributed by atoms with E-state index in [-0.39, 0.29) is 5.78 Å². The first-order valence-corrected chi connectivity index (χ1v) is 5.46. The summed E-state index contributed by atoms with van der Waals surface area (Å²) in [6.07, 6.45) is 0. The van der Waals surface area contributed by atoms with Crippen LogP contribution in [0.5, 0.6) is 0 Å². The zero-order valence-electron chi connectivity index (χ0n) is 9.17. The van der Waals surface area contributed by atoms with Crippen LogP contribution in [-0.4, -0.2) is 16.8 Å². The molecule has 0 aliphatic rings. The summed E-state index contributed by atoms with van der Waals surface area (Å²) in [5.74, 6) is -0.0862.